The van der Waals surface area contributed by atoms with E-state index in [9.17, 15) is 0 Å². The Balaban J connectivity index is 0.000000108. The lowest BCUT2D eigenvalue weighted by Crippen LogP contribution is -1.97. The molecule has 9 aromatic heterocycles. The van der Waals surface area contributed by atoms with E-state index < -0.39 is 0 Å². The van der Waals surface area contributed by atoms with Gasteiger partial charge in [-0.25, -0.2) is 29.9 Å². The third-order valence-corrected chi connectivity index (χ3v) is 29.2. The molecule has 0 bridgehead atoms. The predicted octanol–water partition coefficient (Wildman–Crippen LogP) is 35.0. The van der Waals surface area contributed by atoms with E-state index in [0.717, 1.165) is 118 Å². The Bertz CT molecular complexity index is 10200. The van der Waals surface area contributed by atoms with Crippen molar-refractivity contribution in [3.8, 4) is 136 Å². The Morgan fingerprint density at radius 3 is 0.613 bits per heavy atom. The van der Waals surface area contributed by atoms with Gasteiger partial charge in [0.25, 0.3) is 0 Å². The molecule has 30 rings (SSSR count). The standard InChI is InChI=1S/3C46H30N4/c1-4-14-31(15-5-1)40-29-41(32-16-6-2-7-17-32)48-46(47-40)33-24-26-35(27-25-33)50-43-23-13-11-21-37(43)39-28-38-36-20-10-12-22-42(36)49(44(38)30-45(39)50)34-18-8-3-9-19-34;1-4-14-31(15-5-1)39-30-40(32-16-6-2-7-17-32)48-46(47-39)33-24-26-35(27-25-33)50-41-22-12-10-20-36(41)37-28-29-43-44(45(37)50)38-21-11-13-23-42(38)49(43)34-18-8-3-9-19-34;1-4-14-31(15-5-1)38-30-39(32-16-6-2-7-17-32)48-46(47-38)33-24-26-35(27-25-33)50-41-23-13-11-21-37(41)45-43(50)29-28-42-44(45)36-20-10-12-22-40(36)49(42)34-18-8-3-9-19-34/h3*1-30H. The molecule has 0 aliphatic rings. The molecule has 30 aromatic rings. The highest BCUT2D eigenvalue weighted by molar-refractivity contribution is 6.30. The van der Waals surface area contributed by atoms with Crippen molar-refractivity contribution < 1.29 is 0 Å². The van der Waals surface area contributed by atoms with Gasteiger partial charge in [-0.05, 0) is 194 Å². The van der Waals surface area contributed by atoms with E-state index in [1.165, 1.54) is 131 Å². The molecule has 702 valence electrons. The smallest absolute Gasteiger partial charge is 0.160 e. The van der Waals surface area contributed by atoms with E-state index in [1.54, 1.807) is 0 Å². The largest absolute Gasteiger partial charge is 0.309 e. The first kappa shape index (κ1) is 87.5. The maximum absolute atomic E-state index is 5.08. The summed E-state index contributed by atoms with van der Waals surface area (Å²) in [4.78, 5) is 30.4. The first-order valence-electron chi connectivity index (χ1n) is 50.8. The highest BCUT2D eigenvalue weighted by Crippen LogP contribution is 2.48. The molecule has 9 heterocycles. The second kappa shape index (κ2) is 37.1. The fourth-order valence-corrected chi connectivity index (χ4v) is 22.4. The minimum Gasteiger partial charge on any atom is -0.309 e. The highest BCUT2D eigenvalue weighted by Gasteiger charge is 2.27. The molecule has 0 unspecified atom stereocenters. The Kier molecular flexibility index (Phi) is 21.6. The van der Waals surface area contributed by atoms with Gasteiger partial charge in [-0.3, -0.25) is 0 Å². The van der Waals surface area contributed by atoms with Crippen LogP contribution in [0.2, 0.25) is 0 Å². The van der Waals surface area contributed by atoms with Crippen molar-refractivity contribution >= 4 is 131 Å². The average Bonchev–Trinajstić information content (AvgIpc) is 1.55. The van der Waals surface area contributed by atoms with Crippen molar-refractivity contribution in [3.05, 3.63) is 546 Å². The van der Waals surface area contributed by atoms with Gasteiger partial charge in [0.2, 0.25) is 0 Å². The number of para-hydroxylation sites is 9. The Labute approximate surface area is 863 Å². The summed E-state index contributed by atoms with van der Waals surface area (Å²) in [5, 5.41) is 14.9. The van der Waals surface area contributed by atoms with Crippen molar-refractivity contribution in [1.29, 1.82) is 0 Å². The highest BCUT2D eigenvalue weighted by atomic mass is 15.0. The van der Waals surface area contributed by atoms with Crippen LogP contribution in [0.25, 0.3) is 267 Å². The van der Waals surface area contributed by atoms with Crippen LogP contribution in [0.15, 0.2) is 546 Å². The van der Waals surface area contributed by atoms with Gasteiger partial charge in [0.1, 0.15) is 0 Å². The Hall–Kier alpha value is -20.3. The van der Waals surface area contributed by atoms with Gasteiger partial charge in [-0.1, -0.05) is 352 Å². The summed E-state index contributed by atoms with van der Waals surface area (Å²) < 4.78 is 14.4. The topological polar surface area (TPSA) is 107 Å². The number of hydrogen-bond acceptors (Lipinski definition) is 6. The van der Waals surface area contributed by atoms with Gasteiger partial charge in [-0.15, -0.1) is 0 Å². The third kappa shape index (κ3) is 15.3. The fraction of sp³-hybridized carbons (Fsp3) is 0. The molecule has 12 heteroatoms. The molecule has 0 fully saturated rings. The van der Waals surface area contributed by atoms with Gasteiger partial charge < -0.3 is 27.4 Å². The van der Waals surface area contributed by atoms with E-state index >= 15 is 0 Å². The predicted molar refractivity (Wildman–Crippen MR) is 621 cm³/mol. The van der Waals surface area contributed by atoms with Gasteiger partial charge in [0, 0.05) is 149 Å². The summed E-state index contributed by atoms with van der Waals surface area (Å²) >= 11 is 0. The molecule has 12 nitrogen and oxygen atoms in total. The molecule has 0 amide bonds. The van der Waals surface area contributed by atoms with E-state index in [4.69, 9.17) is 29.9 Å². The molecule has 21 aromatic carbocycles. The van der Waals surface area contributed by atoms with Gasteiger partial charge >= 0.3 is 0 Å². The Morgan fingerprint density at radius 1 is 0.113 bits per heavy atom. The molecule has 0 atom stereocenters. The summed E-state index contributed by atoms with van der Waals surface area (Å²) in [6.45, 7) is 0. The molecule has 150 heavy (non-hydrogen) atoms. The minimum absolute atomic E-state index is 0.701. The lowest BCUT2D eigenvalue weighted by Gasteiger charge is -2.12. The molecule has 0 aliphatic heterocycles. The zero-order valence-corrected chi connectivity index (χ0v) is 81.3. The van der Waals surface area contributed by atoms with Crippen molar-refractivity contribution in [3.63, 3.8) is 0 Å². The van der Waals surface area contributed by atoms with Crippen LogP contribution in [0.5, 0.6) is 0 Å². The molecule has 0 saturated heterocycles. The van der Waals surface area contributed by atoms with Crippen molar-refractivity contribution in [2.24, 2.45) is 0 Å². The van der Waals surface area contributed by atoms with Gasteiger partial charge in [0.15, 0.2) is 17.5 Å². The van der Waals surface area contributed by atoms with Crippen LogP contribution in [-0.2, 0) is 0 Å². The summed E-state index contributed by atoms with van der Waals surface area (Å²) in [5.41, 5.74) is 35.7. The van der Waals surface area contributed by atoms with Crippen LogP contribution >= 0.6 is 0 Å². The van der Waals surface area contributed by atoms with Crippen LogP contribution in [0.3, 0.4) is 0 Å². The van der Waals surface area contributed by atoms with Gasteiger partial charge in [-0.2, -0.15) is 0 Å². The molecule has 0 N–H and O–H groups in total. The van der Waals surface area contributed by atoms with Crippen molar-refractivity contribution in [2.75, 3.05) is 0 Å². The van der Waals surface area contributed by atoms with Crippen LogP contribution in [0.1, 0.15) is 0 Å². The van der Waals surface area contributed by atoms with Gasteiger partial charge in [0.05, 0.1) is 100 Å². The minimum atomic E-state index is 0.701. The summed E-state index contributed by atoms with van der Waals surface area (Å²) in [6, 6.07) is 193. The van der Waals surface area contributed by atoms with Crippen LogP contribution in [0.4, 0.5) is 0 Å². The number of nitrogens with zero attached hydrogens (tertiary/aromatic N) is 12. The number of fused-ring (bicyclic) bond motifs is 20. The first-order valence-corrected chi connectivity index (χ1v) is 50.8. The molecule has 0 aliphatic carbocycles. The molecule has 0 radical (unpaired) electrons. The second-order valence-electron chi connectivity index (χ2n) is 37.9. The normalized spacial score (nSPS) is 11.6. The van der Waals surface area contributed by atoms with Crippen LogP contribution in [0, 0.1) is 0 Å². The zero-order chi connectivity index (χ0) is 99.1. The summed E-state index contributed by atoms with van der Waals surface area (Å²) in [6.07, 6.45) is 0. The second-order valence-corrected chi connectivity index (χ2v) is 37.9. The quantitative estimate of drug-likeness (QED) is 0.101. The van der Waals surface area contributed by atoms with Crippen molar-refractivity contribution in [1.82, 2.24) is 57.3 Å². The molecule has 0 spiro atoms. The van der Waals surface area contributed by atoms with Crippen LogP contribution < -0.4 is 0 Å². The van der Waals surface area contributed by atoms with Crippen LogP contribution in [-0.4, -0.2) is 57.3 Å². The van der Waals surface area contributed by atoms with E-state index in [1.807, 2.05) is 109 Å². The lowest BCUT2D eigenvalue weighted by molar-refractivity contribution is 1.16. The molecule has 0 saturated carbocycles. The van der Waals surface area contributed by atoms with E-state index in [-0.39, 0.29) is 0 Å². The number of aromatic nitrogens is 12. The zero-order valence-electron chi connectivity index (χ0n) is 81.3. The number of benzene rings is 21. The summed E-state index contributed by atoms with van der Waals surface area (Å²) in [5.74, 6) is 2.11. The average molecular weight is 1920 g/mol. The Morgan fingerprint density at radius 2 is 0.320 bits per heavy atom. The first-order chi connectivity index (χ1) is 74.4. The fourth-order valence-electron chi connectivity index (χ4n) is 22.4. The maximum Gasteiger partial charge on any atom is 0.160 e. The van der Waals surface area contributed by atoms with E-state index in [0.29, 0.717) is 17.5 Å². The monoisotopic (exact) mass is 1910 g/mol. The third-order valence-electron chi connectivity index (χ3n) is 29.2. The van der Waals surface area contributed by atoms with Crippen molar-refractivity contribution in [2.45, 2.75) is 0 Å². The number of rotatable bonds is 15. The molecular formula is C138H90N12. The number of hydrogen-bond donors (Lipinski definition) is 0. The maximum atomic E-state index is 5.08. The van der Waals surface area contributed by atoms with E-state index in [2.05, 4.69) is 464 Å². The lowest BCUT2D eigenvalue weighted by atomic mass is 10.1. The SMILES string of the molecule is c1ccc(-c2cc(-c3ccccc3)nc(-c3ccc(-n4c5ccccc5c5c6c7ccccc7n(-c7ccccc7)c6ccc54)cc3)n2)cc1.c1ccc(-c2cc(-c3ccccc3)nc(-c3ccc(-n4c5ccccc5c5cc6c7ccccc7n(-c7ccccc7)c6cc54)cc3)n2)cc1.c1ccc(-c2cc(-c3ccccc3)nc(-c3ccc(-n4c5ccccc5c5ccc6c(c7ccccc7n6-c6ccccc6)c54)cc3)n2)cc1. The summed E-state index contributed by atoms with van der Waals surface area (Å²) in [7, 11) is 0. The molecular weight excluding hydrogens is 1830 g/mol.